The summed E-state index contributed by atoms with van der Waals surface area (Å²) >= 11 is 12.7. The molecular weight excluding hydrogens is 246 g/mol. The van der Waals surface area contributed by atoms with E-state index in [2.05, 4.69) is 9.97 Å². The molecule has 2 aromatic rings. The Bertz CT molecular complexity index is 472. The third kappa shape index (κ3) is 1.73. The van der Waals surface area contributed by atoms with Crippen LogP contribution in [0.25, 0.3) is 10.6 Å². The van der Waals surface area contributed by atoms with Crippen molar-refractivity contribution in [2.24, 2.45) is 0 Å². The van der Waals surface area contributed by atoms with E-state index >= 15 is 0 Å². The van der Waals surface area contributed by atoms with Crippen molar-refractivity contribution < 1.29 is 4.39 Å². The first kappa shape index (κ1) is 9.83. The minimum atomic E-state index is -0.529. The largest absolute Gasteiger partial charge is 0.223 e. The zero-order valence-electron chi connectivity index (χ0n) is 6.67. The van der Waals surface area contributed by atoms with Gasteiger partial charge in [0.05, 0.1) is 16.1 Å². The highest BCUT2D eigenvalue weighted by Crippen LogP contribution is 2.33. The summed E-state index contributed by atoms with van der Waals surface area (Å²) in [4.78, 5) is 7.86. The fourth-order valence-electron chi connectivity index (χ4n) is 0.968. The molecule has 0 bridgehead atoms. The van der Waals surface area contributed by atoms with Crippen LogP contribution in [0.1, 0.15) is 0 Å². The van der Waals surface area contributed by atoms with Crippen molar-refractivity contribution in [3.8, 4) is 10.6 Å². The maximum absolute atomic E-state index is 13.3. The van der Waals surface area contributed by atoms with Crippen LogP contribution in [0.2, 0.25) is 10.3 Å². The molecule has 14 heavy (non-hydrogen) atoms. The predicted molar refractivity (Wildman–Crippen MR) is 55.3 cm³/mol. The highest BCUT2D eigenvalue weighted by atomic mass is 35.5. The van der Waals surface area contributed by atoms with E-state index in [1.807, 2.05) is 0 Å². The van der Waals surface area contributed by atoms with Crippen LogP contribution in [0.4, 0.5) is 4.39 Å². The molecule has 0 N–H and O–H groups in total. The van der Waals surface area contributed by atoms with E-state index in [0.29, 0.717) is 9.90 Å². The van der Waals surface area contributed by atoms with Crippen LogP contribution in [0.3, 0.4) is 0 Å². The average Bonchev–Trinajstić information content (AvgIpc) is 2.56. The lowest BCUT2D eigenvalue weighted by atomic mass is 10.3. The van der Waals surface area contributed by atoms with Crippen molar-refractivity contribution in [1.29, 1.82) is 0 Å². The first-order chi connectivity index (χ1) is 6.68. The number of aromatic nitrogens is 2. The number of halogens is 3. The lowest BCUT2D eigenvalue weighted by Crippen LogP contribution is -1.90. The molecule has 0 aliphatic carbocycles. The van der Waals surface area contributed by atoms with Gasteiger partial charge in [-0.2, -0.15) is 0 Å². The summed E-state index contributed by atoms with van der Waals surface area (Å²) < 4.78 is 13.3. The van der Waals surface area contributed by atoms with E-state index in [0.717, 1.165) is 6.20 Å². The van der Waals surface area contributed by atoms with E-state index in [1.54, 1.807) is 11.4 Å². The van der Waals surface area contributed by atoms with Crippen molar-refractivity contribution in [1.82, 2.24) is 9.97 Å². The Morgan fingerprint density at radius 2 is 2.14 bits per heavy atom. The number of thiophene rings is 1. The fourth-order valence-corrected chi connectivity index (χ4v) is 2.24. The fraction of sp³-hybridized carbons (Fsp3) is 0. The summed E-state index contributed by atoms with van der Waals surface area (Å²) in [5.41, 5.74) is 0.144. The normalized spacial score (nSPS) is 10.5. The SMILES string of the molecule is Fc1cnc(Cl)nc1-c1sccc1Cl. The van der Waals surface area contributed by atoms with Crippen LogP contribution in [0.5, 0.6) is 0 Å². The van der Waals surface area contributed by atoms with Gasteiger partial charge in [0.25, 0.3) is 0 Å². The smallest absolute Gasteiger partial charge is 0.223 e. The van der Waals surface area contributed by atoms with Crippen LogP contribution < -0.4 is 0 Å². The Morgan fingerprint density at radius 1 is 1.36 bits per heavy atom. The van der Waals surface area contributed by atoms with Gasteiger partial charge in [0, 0.05) is 0 Å². The van der Waals surface area contributed by atoms with Crippen LogP contribution in [0.15, 0.2) is 17.6 Å². The third-order valence-corrected chi connectivity index (χ3v) is 3.08. The molecule has 2 nitrogen and oxygen atoms in total. The zero-order valence-corrected chi connectivity index (χ0v) is 9.00. The Morgan fingerprint density at radius 3 is 2.79 bits per heavy atom. The maximum Gasteiger partial charge on any atom is 0.223 e. The molecule has 0 saturated heterocycles. The molecule has 0 fully saturated rings. The van der Waals surface area contributed by atoms with E-state index < -0.39 is 5.82 Å². The Kier molecular flexibility index (Phi) is 2.67. The second-order valence-corrected chi connectivity index (χ2v) is 4.09. The van der Waals surface area contributed by atoms with Gasteiger partial charge in [-0.25, -0.2) is 14.4 Å². The molecule has 0 aromatic carbocycles. The van der Waals surface area contributed by atoms with Gasteiger partial charge in [-0.05, 0) is 23.0 Å². The molecule has 0 aliphatic rings. The lowest BCUT2D eigenvalue weighted by molar-refractivity contribution is 0.618. The molecule has 2 rings (SSSR count). The molecule has 6 heteroatoms. The summed E-state index contributed by atoms with van der Waals surface area (Å²) in [5, 5.41) is 2.22. The van der Waals surface area contributed by atoms with Crippen molar-refractivity contribution in [3.05, 3.63) is 33.8 Å². The van der Waals surface area contributed by atoms with E-state index in [1.165, 1.54) is 11.3 Å². The number of rotatable bonds is 1. The van der Waals surface area contributed by atoms with Crippen LogP contribution in [0, 0.1) is 5.82 Å². The molecule has 2 heterocycles. The lowest BCUT2D eigenvalue weighted by Gasteiger charge is -1.99. The molecular formula is C8H3Cl2FN2S. The van der Waals surface area contributed by atoms with Gasteiger partial charge in [-0.15, -0.1) is 11.3 Å². The molecule has 2 aromatic heterocycles. The minimum Gasteiger partial charge on any atom is -0.223 e. The summed E-state index contributed by atoms with van der Waals surface area (Å²) in [6.07, 6.45) is 1.03. The molecule has 0 saturated carbocycles. The quantitative estimate of drug-likeness (QED) is 0.721. The van der Waals surface area contributed by atoms with Gasteiger partial charge in [-0.3, -0.25) is 0 Å². The molecule has 0 radical (unpaired) electrons. The average molecular weight is 249 g/mol. The summed E-state index contributed by atoms with van der Waals surface area (Å²) in [6.45, 7) is 0. The second kappa shape index (κ2) is 3.81. The molecule has 72 valence electrons. The van der Waals surface area contributed by atoms with E-state index in [-0.39, 0.29) is 11.0 Å². The first-order valence-corrected chi connectivity index (χ1v) is 5.23. The number of hydrogen-bond donors (Lipinski definition) is 0. The maximum atomic E-state index is 13.3. The van der Waals surface area contributed by atoms with Crippen LogP contribution in [-0.4, -0.2) is 9.97 Å². The third-order valence-electron chi connectivity index (χ3n) is 1.55. The predicted octanol–water partition coefficient (Wildman–Crippen LogP) is 3.65. The van der Waals surface area contributed by atoms with Gasteiger partial charge in [0.1, 0.15) is 5.69 Å². The van der Waals surface area contributed by atoms with Crippen molar-refractivity contribution in [2.75, 3.05) is 0 Å². The van der Waals surface area contributed by atoms with Gasteiger partial charge in [0.15, 0.2) is 5.82 Å². The van der Waals surface area contributed by atoms with Crippen molar-refractivity contribution in [3.63, 3.8) is 0 Å². The molecule has 0 amide bonds. The Labute approximate surface area is 93.3 Å². The standard InChI is InChI=1S/C8H3Cl2FN2S/c9-4-1-2-14-7(4)6-5(11)3-12-8(10)13-6/h1-3H. The molecule has 0 unspecified atom stereocenters. The monoisotopic (exact) mass is 248 g/mol. The molecule has 0 aliphatic heterocycles. The van der Waals surface area contributed by atoms with Crippen molar-refractivity contribution >= 4 is 34.5 Å². The highest BCUT2D eigenvalue weighted by molar-refractivity contribution is 7.14. The highest BCUT2D eigenvalue weighted by Gasteiger charge is 2.12. The summed E-state index contributed by atoms with van der Waals surface area (Å²) in [7, 11) is 0. The van der Waals surface area contributed by atoms with Crippen LogP contribution in [-0.2, 0) is 0 Å². The second-order valence-electron chi connectivity index (χ2n) is 2.43. The number of nitrogens with zero attached hydrogens (tertiary/aromatic N) is 2. The van der Waals surface area contributed by atoms with Gasteiger partial charge >= 0.3 is 0 Å². The van der Waals surface area contributed by atoms with Gasteiger partial charge in [0.2, 0.25) is 5.28 Å². The Balaban J connectivity index is 2.62. The van der Waals surface area contributed by atoms with Gasteiger partial charge < -0.3 is 0 Å². The van der Waals surface area contributed by atoms with Crippen molar-refractivity contribution in [2.45, 2.75) is 0 Å². The molecule has 0 atom stereocenters. The topological polar surface area (TPSA) is 25.8 Å². The van der Waals surface area contributed by atoms with Gasteiger partial charge in [-0.1, -0.05) is 11.6 Å². The summed E-state index contributed by atoms with van der Waals surface area (Å²) in [6, 6.07) is 1.68. The van der Waals surface area contributed by atoms with Crippen LogP contribution >= 0.6 is 34.5 Å². The number of hydrogen-bond acceptors (Lipinski definition) is 3. The Hall–Kier alpha value is -0.710. The van der Waals surface area contributed by atoms with E-state index in [9.17, 15) is 4.39 Å². The molecule has 0 spiro atoms. The summed E-state index contributed by atoms with van der Waals surface area (Å²) in [5.74, 6) is -0.529. The zero-order chi connectivity index (χ0) is 10.1. The van der Waals surface area contributed by atoms with E-state index in [4.69, 9.17) is 23.2 Å². The first-order valence-electron chi connectivity index (χ1n) is 3.60. The minimum absolute atomic E-state index is 0.00543.